The molecule has 4 aromatic rings. The summed E-state index contributed by atoms with van der Waals surface area (Å²) in [5.74, 6) is -2.15. The molecule has 1 aromatic carbocycles. The average Bonchev–Trinajstić information content (AvgIpc) is 3.22. The number of hydrogen-bond acceptors (Lipinski definition) is 5. The van der Waals surface area contributed by atoms with Crippen LogP contribution in [0.2, 0.25) is 0 Å². The maximum atomic E-state index is 13.2. The predicted octanol–water partition coefficient (Wildman–Crippen LogP) is 5.04. The zero-order valence-electron chi connectivity index (χ0n) is 18.6. The van der Waals surface area contributed by atoms with Crippen molar-refractivity contribution in [3.05, 3.63) is 82.9 Å². The predicted molar refractivity (Wildman–Crippen MR) is 116 cm³/mol. The zero-order chi connectivity index (χ0) is 27.1. The molecule has 2 N–H and O–H groups in total. The first kappa shape index (κ1) is 25.6. The summed E-state index contributed by atoms with van der Waals surface area (Å²) in [4.78, 5) is 36.6. The van der Waals surface area contributed by atoms with Gasteiger partial charge in [-0.05, 0) is 49.4 Å². The molecule has 192 valence electrons. The van der Waals surface area contributed by atoms with E-state index < -0.39 is 47.0 Å². The first-order valence-electron chi connectivity index (χ1n) is 10.4. The molecule has 0 aliphatic rings. The quantitative estimate of drug-likeness (QED) is 0.355. The summed E-state index contributed by atoms with van der Waals surface area (Å²) in [6, 6.07) is 5.33. The minimum Gasteiger partial charge on any atom is -0.478 e. The van der Waals surface area contributed by atoms with Crippen molar-refractivity contribution in [3.63, 3.8) is 0 Å². The highest BCUT2D eigenvalue weighted by atomic mass is 19.4. The maximum Gasteiger partial charge on any atom is 0.416 e. The summed E-state index contributed by atoms with van der Waals surface area (Å²) in [7, 11) is 0. The van der Waals surface area contributed by atoms with Crippen molar-refractivity contribution in [2.45, 2.75) is 25.3 Å². The van der Waals surface area contributed by atoms with E-state index in [1.807, 2.05) is 0 Å². The van der Waals surface area contributed by atoms with E-state index in [-0.39, 0.29) is 28.9 Å². The third-order valence-corrected chi connectivity index (χ3v) is 5.25. The van der Waals surface area contributed by atoms with Crippen LogP contribution in [0.25, 0.3) is 17.0 Å². The van der Waals surface area contributed by atoms with Crippen LogP contribution in [0.1, 0.15) is 50.6 Å². The topological polar surface area (TPSA) is 110 Å². The highest BCUT2D eigenvalue weighted by molar-refractivity contribution is 5.95. The molecule has 3 aromatic heterocycles. The van der Waals surface area contributed by atoms with Crippen molar-refractivity contribution >= 4 is 23.0 Å². The van der Waals surface area contributed by atoms with Crippen LogP contribution >= 0.6 is 0 Å². The molecule has 37 heavy (non-hydrogen) atoms. The Kier molecular flexibility index (Phi) is 6.35. The lowest BCUT2D eigenvalue weighted by molar-refractivity contribution is -0.143. The second-order valence-corrected chi connectivity index (χ2v) is 7.85. The standard InChI is InChI=1S/C23H15F6N5O3/c1-11(32-20(35)13-7-14(22(24,25)26)9-15(8-13)23(27,28)29)18-33-16-3-2-6-30-19(16)34(18)17-5-4-12(10-31-17)21(36)37/h2-11H,1H3,(H,32,35)(H,36,37). The van der Waals surface area contributed by atoms with E-state index in [1.165, 1.54) is 29.8 Å². The molecule has 14 heteroatoms. The lowest BCUT2D eigenvalue weighted by Crippen LogP contribution is -2.29. The number of hydrogen-bond donors (Lipinski definition) is 2. The Balaban J connectivity index is 1.74. The fourth-order valence-corrected chi connectivity index (χ4v) is 3.52. The number of benzene rings is 1. The molecule has 0 aliphatic carbocycles. The molecule has 1 unspecified atom stereocenters. The van der Waals surface area contributed by atoms with Crippen LogP contribution in [0.15, 0.2) is 54.9 Å². The Hall–Kier alpha value is -4.49. The number of carbonyl (C=O) groups is 2. The smallest absolute Gasteiger partial charge is 0.416 e. The van der Waals surface area contributed by atoms with Crippen LogP contribution in [0.5, 0.6) is 0 Å². The molecule has 0 fully saturated rings. The van der Waals surface area contributed by atoms with Gasteiger partial charge in [0.1, 0.15) is 17.2 Å². The maximum absolute atomic E-state index is 13.2. The number of nitrogens with zero attached hydrogens (tertiary/aromatic N) is 4. The van der Waals surface area contributed by atoms with E-state index >= 15 is 0 Å². The van der Waals surface area contributed by atoms with E-state index in [4.69, 9.17) is 5.11 Å². The summed E-state index contributed by atoms with van der Waals surface area (Å²) >= 11 is 0. The van der Waals surface area contributed by atoms with Gasteiger partial charge in [-0.3, -0.25) is 9.36 Å². The number of aromatic nitrogens is 4. The molecule has 3 heterocycles. The number of imidazole rings is 1. The number of rotatable bonds is 5. The first-order valence-corrected chi connectivity index (χ1v) is 10.4. The molecule has 0 saturated heterocycles. The third kappa shape index (κ3) is 5.22. The summed E-state index contributed by atoms with van der Waals surface area (Å²) < 4.78 is 80.6. The molecule has 8 nitrogen and oxygen atoms in total. The van der Waals surface area contributed by atoms with Gasteiger partial charge in [0, 0.05) is 18.0 Å². The molecule has 1 amide bonds. The summed E-state index contributed by atoms with van der Waals surface area (Å²) in [6.45, 7) is 1.42. The van der Waals surface area contributed by atoms with Crippen LogP contribution in [-0.4, -0.2) is 36.5 Å². The number of pyridine rings is 2. The number of fused-ring (bicyclic) bond motifs is 1. The summed E-state index contributed by atoms with van der Waals surface area (Å²) in [5.41, 5.74) is -3.58. The Morgan fingerprint density at radius 2 is 1.59 bits per heavy atom. The highest BCUT2D eigenvalue weighted by Crippen LogP contribution is 2.36. The molecular weight excluding hydrogens is 508 g/mol. The summed E-state index contributed by atoms with van der Waals surface area (Å²) in [6.07, 6.45) is -7.70. The second-order valence-electron chi connectivity index (χ2n) is 7.85. The minimum atomic E-state index is -5.12. The minimum absolute atomic E-state index is 0.0717. The van der Waals surface area contributed by atoms with Crippen molar-refractivity contribution < 1.29 is 41.0 Å². The fourth-order valence-electron chi connectivity index (χ4n) is 3.52. The van der Waals surface area contributed by atoms with E-state index in [9.17, 15) is 35.9 Å². The monoisotopic (exact) mass is 523 g/mol. The lowest BCUT2D eigenvalue weighted by atomic mass is 10.0. The number of amides is 1. The lowest BCUT2D eigenvalue weighted by Gasteiger charge is -2.17. The number of halogens is 6. The van der Waals surface area contributed by atoms with Gasteiger partial charge in [-0.15, -0.1) is 0 Å². The van der Waals surface area contributed by atoms with E-state index in [2.05, 4.69) is 20.3 Å². The van der Waals surface area contributed by atoms with Crippen molar-refractivity contribution in [3.8, 4) is 5.82 Å². The average molecular weight is 523 g/mol. The van der Waals surface area contributed by atoms with Gasteiger partial charge in [0.05, 0.1) is 22.7 Å². The van der Waals surface area contributed by atoms with Gasteiger partial charge >= 0.3 is 18.3 Å². The van der Waals surface area contributed by atoms with Crippen molar-refractivity contribution in [2.75, 3.05) is 0 Å². The van der Waals surface area contributed by atoms with Crippen LogP contribution in [0, 0.1) is 0 Å². The van der Waals surface area contributed by atoms with Gasteiger partial charge in [0.15, 0.2) is 5.65 Å². The Morgan fingerprint density at radius 1 is 0.946 bits per heavy atom. The molecule has 0 saturated carbocycles. The van der Waals surface area contributed by atoms with E-state index in [0.717, 1.165) is 6.20 Å². The molecule has 0 spiro atoms. The highest BCUT2D eigenvalue weighted by Gasteiger charge is 2.37. The number of alkyl halides is 6. The van der Waals surface area contributed by atoms with Gasteiger partial charge in [-0.25, -0.2) is 19.7 Å². The number of nitrogens with one attached hydrogen (secondary N) is 1. The van der Waals surface area contributed by atoms with Crippen LogP contribution in [0.3, 0.4) is 0 Å². The fraction of sp³-hybridized carbons (Fsp3) is 0.174. The van der Waals surface area contributed by atoms with Gasteiger partial charge in [0.25, 0.3) is 5.91 Å². The molecule has 0 bridgehead atoms. The molecule has 0 aliphatic heterocycles. The first-order chi connectivity index (χ1) is 17.3. The molecule has 0 radical (unpaired) electrons. The number of carboxylic acids is 1. The van der Waals surface area contributed by atoms with Crippen LogP contribution in [0.4, 0.5) is 26.3 Å². The van der Waals surface area contributed by atoms with Crippen LogP contribution in [-0.2, 0) is 12.4 Å². The third-order valence-electron chi connectivity index (χ3n) is 5.25. The molecule has 1 atom stereocenters. The number of carbonyl (C=O) groups excluding carboxylic acids is 1. The van der Waals surface area contributed by atoms with Gasteiger partial charge < -0.3 is 10.4 Å². The van der Waals surface area contributed by atoms with Gasteiger partial charge in [-0.2, -0.15) is 26.3 Å². The van der Waals surface area contributed by atoms with Crippen molar-refractivity contribution in [1.82, 2.24) is 24.8 Å². The van der Waals surface area contributed by atoms with Gasteiger partial charge in [-0.1, -0.05) is 0 Å². The Bertz CT molecular complexity index is 1460. The molecular formula is C23H15F6N5O3. The Labute approximate surface area is 203 Å². The zero-order valence-corrected chi connectivity index (χ0v) is 18.6. The van der Waals surface area contributed by atoms with Gasteiger partial charge in [0.2, 0.25) is 0 Å². The van der Waals surface area contributed by atoms with Crippen LogP contribution < -0.4 is 5.32 Å². The van der Waals surface area contributed by atoms with E-state index in [0.29, 0.717) is 17.6 Å². The number of carboxylic acid groups (broad SMARTS) is 1. The molecule has 4 rings (SSSR count). The number of aromatic carboxylic acids is 1. The second kappa shape index (κ2) is 9.19. The normalized spacial score (nSPS) is 12.9. The van der Waals surface area contributed by atoms with E-state index in [1.54, 1.807) is 12.1 Å². The Morgan fingerprint density at radius 3 is 2.14 bits per heavy atom. The van der Waals surface area contributed by atoms with Crippen molar-refractivity contribution in [1.29, 1.82) is 0 Å². The van der Waals surface area contributed by atoms with Crippen molar-refractivity contribution in [2.24, 2.45) is 0 Å². The largest absolute Gasteiger partial charge is 0.478 e. The summed E-state index contributed by atoms with van der Waals surface area (Å²) in [5, 5.41) is 11.5. The SMILES string of the molecule is CC(NC(=O)c1cc(C(F)(F)F)cc(C(F)(F)F)c1)c1nc2cccnc2n1-c1ccc(C(=O)O)cn1.